The largest absolute Gasteiger partial charge is 0.496 e. The summed E-state index contributed by atoms with van der Waals surface area (Å²) in [5.74, 6) is 1.63. The molecular weight excluding hydrogens is 316 g/mol. The van der Waals surface area contributed by atoms with Crippen LogP contribution in [0.3, 0.4) is 0 Å². The van der Waals surface area contributed by atoms with Gasteiger partial charge in [0.05, 0.1) is 18.8 Å². The topological polar surface area (TPSA) is 22.4 Å². The van der Waals surface area contributed by atoms with Crippen LogP contribution in [0.25, 0.3) is 0 Å². The molecule has 1 atom stereocenters. The van der Waals surface area contributed by atoms with Crippen LogP contribution in [-0.2, 0) is 0 Å². The average molecular weight is 330 g/mol. The number of aryl methyl sites for hydroxylation is 2. The van der Waals surface area contributed by atoms with Gasteiger partial charge < -0.3 is 9.15 Å². The summed E-state index contributed by atoms with van der Waals surface area (Å²) in [6.07, 6.45) is 1.68. The molecule has 1 heterocycles. The molecule has 0 amide bonds. The van der Waals surface area contributed by atoms with E-state index in [1.54, 1.807) is 13.4 Å². The molecule has 18 heavy (non-hydrogen) atoms. The van der Waals surface area contributed by atoms with Crippen LogP contribution in [0.2, 0.25) is 0 Å². The van der Waals surface area contributed by atoms with Crippen LogP contribution in [0.15, 0.2) is 33.4 Å². The van der Waals surface area contributed by atoms with Crippen LogP contribution in [0, 0.1) is 13.8 Å². The lowest BCUT2D eigenvalue weighted by Gasteiger charge is -2.14. The number of alkyl halides is 1. The number of benzene rings is 1. The standard InChI is InChI=1S/C14H14BrClO2/c1-8-4-13(17-3)11(6-12(8)15)14(16)10-5-9(2)18-7-10/h4-7,14H,1-3H3. The highest BCUT2D eigenvalue weighted by atomic mass is 79.9. The Hall–Kier alpha value is -0.930. The average Bonchev–Trinajstić information content (AvgIpc) is 2.78. The molecule has 0 saturated heterocycles. The molecule has 2 nitrogen and oxygen atoms in total. The lowest BCUT2D eigenvalue weighted by Crippen LogP contribution is -1.97. The van der Waals surface area contributed by atoms with E-state index in [4.69, 9.17) is 20.8 Å². The maximum Gasteiger partial charge on any atom is 0.124 e. The van der Waals surface area contributed by atoms with Gasteiger partial charge in [-0.25, -0.2) is 0 Å². The zero-order valence-corrected chi connectivity index (χ0v) is 12.8. The van der Waals surface area contributed by atoms with Gasteiger partial charge in [0.2, 0.25) is 0 Å². The van der Waals surface area contributed by atoms with Gasteiger partial charge in [0, 0.05) is 15.6 Å². The van der Waals surface area contributed by atoms with E-state index < -0.39 is 0 Å². The first-order valence-electron chi connectivity index (χ1n) is 5.56. The van der Waals surface area contributed by atoms with Crippen LogP contribution in [-0.4, -0.2) is 7.11 Å². The first-order valence-corrected chi connectivity index (χ1v) is 6.79. The van der Waals surface area contributed by atoms with Gasteiger partial charge in [0.1, 0.15) is 11.5 Å². The second-order valence-electron chi connectivity index (χ2n) is 4.20. The molecule has 4 heteroatoms. The second kappa shape index (κ2) is 5.37. The first-order chi connectivity index (χ1) is 8.52. The van der Waals surface area contributed by atoms with Crippen molar-refractivity contribution in [2.45, 2.75) is 19.2 Å². The molecule has 0 N–H and O–H groups in total. The van der Waals surface area contributed by atoms with E-state index in [0.29, 0.717) is 0 Å². The summed E-state index contributed by atoms with van der Waals surface area (Å²) in [5.41, 5.74) is 2.98. The van der Waals surface area contributed by atoms with E-state index in [2.05, 4.69) is 15.9 Å². The summed E-state index contributed by atoms with van der Waals surface area (Å²) in [6, 6.07) is 5.90. The van der Waals surface area contributed by atoms with Gasteiger partial charge in [-0.15, -0.1) is 11.6 Å². The molecule has 0 aliphatic heterocycles. The van der Waals surface area contributed by atoms with Gasteiger partial charge in [-0.1, -0.05) is 15.9 Å². The van der Waals surface area contributed by atoms with Crippen molar-refractivity contribution in [1.29, 1.82) is 0 Å². The van der Waals surface area contributed by atoms with Gasteiger partial charge in [0.15, 0.2) is 0 Å². The highest BCUT2D eigenvalue weighted by Crippen LogP contribution is 2.38. The Balaban J connectivity index is 2.46. The third-order valence-electron chi connectivity index (χ3n) is 2.83. The zero-order valence-electron chi connectivity index (χ0n) is 10.5. The maximum absolute atomic E-state index is 6.49. The van der Waals surface area contributed by atoms with Gasteiger partial charge >= 0.3 is 0 Å². The Morgan fingerprint density at radius 1 is 1.28 bits per heavy atom. The zero-order chi connectivity index (χ0) is 13.3. The molecule has 0 aliphatic rings. The maximum atomic E-state index is 6.49. The number of furan rings is 1. The minimum absolute atomic E-state index is 0.283. The molecule has 0 spiro atoms. The van der Waals surface area contributed by atoms with Crippen LogP contribution in [0.4, 0.5) is 0 Å². The monoisotopic (exact) mass is 328 g/mol. The van der Waals surface area contributed by atoms with E-state index in [-0.39, 0.29) is 5.38 Å². The normalized spacial score (nSPS) is 12.5. The van der Waals surface area contributed by atoms with E-state index in [9.17, 15) is 0 Å². The quantitative estimate of drug-likeness (QED) is 0.740. The number of halogens is 2. The van der Waals surface area contributed by atoms with Crippen molar-refractivity contribution in [3.8, 4) is 5.75 Å². The van der Waals surface area contributed by atoms with Crippen molar-refractivity contribution >= 4 is 27.5 Å². The lowest BCUT2D eigenvalue weighted by atomic mass is 10.0. The first kappa shape index (κ1) is 13.5. The van der Waals surface area contributed by atoms with Crippen LogP contribution >= 0.6 is 27.5 Å². The summed E-state index contributed by atoms with van der Waals surface area (Å²) in [6.45, 7) is 3.91. The number of rotatable bonds is 3. The Morgan fingerprint density at radius 2 is 2.00 bits per heavy atom. The van der Waals surface area contributed by atoms with Crippen molar-refractivity contribution in [2.75, 3.05) is 7.11 Å². The van der Waals surface area contributed by atoms with Crippen LogP contribution in [0.5, 0.6) is 5.75 Å². The fourth-order valence-electron chi connectivity index (χ4n) is 1.82. The fourth-order valence-corrected chi connectivity index (χ4v) is 2.47. The van der Waals surface area contributed by atoms with Crippen molar-refractivity contribution in [3.05, 3.63) is 51.4 Å². The van der Waals surface area contributed by atoms with Gasteiger partial charge in [-0.3, -0.25) is 0 Å². The minimum Gasteiger partial charge on any atom is -0.496 e. The van der Waals surface area contributed by atoms with E-state index in [1.807, 2.05) is 32.0 Å². The Bertz CT molecular complexity index is 563. The molecular formula is C14H14BrClO2. The summed E-state index contributed by atoms with van der Waals surface area (Å²) < 4.78 is 11.7. The Kier molecular flexibility index (Phi) is 4.03. The molecule has 1 aromatic carbocycles. The highest BCUT2D eigenvalue weighted by molar-refractivity contribution is 9.10. The van der Waals surface area contributed by atoms with Crippen molar-refractivity contribution in [1.82, 2.24) is 0 Å². The predicted octanol–water partition coefficient (Wildman–Crippen LogP) is 5.00. The van der Waals surface area contributed by atoms with E-state index >= 15 is 0 Å². The molecule has 2 rings (SSSR count). The summed E-state index contributed by atoms with van der Waals surface area (Å²) in [7, 11) is 1.65. The summed E-state index contributed by atoms with van der Waals surface area (Å²) in [4.78, 5) is 0. The number of hydrogen-bond donors (Lipinski definition) is 0. The third-order valence-corrected chi connectivity index (χ3v) is 4.17. The highest BCUT2D eigenvalue weighted by Gasteiger charge is 2.18. The molecule has 0 radical (unpaired) electrons. The lowest BCUT2D eigenvalue weighted by molar-refractivity contribution is 0.409. The summed E-state index contributed by atoms with van der Waals surface area (Å²) >= 11 is 10.0. The molecule has 96 valence electrons. The van der Waals surface area contributed by atoms with Crippen LogP contribution in [0.1, 0.15) is 27.8 Å². The number of ether oxygens (including phenoxy) is 1. The Morgan fingerprint density at radius 3 is 2.56 bits per heavy atom. The number of hydrogen-bond acceptors (Lipinski definition) is 2. The van der Waals surface area contributed by atoms with Crippen molar-refractivity contribution in [2.24, 2.45) is 0 Å². The van der Waals surface area contributed by atoms with Gasteiger partial charge in [-0.05, 0) is 37.6 Å². The predicted molar refractivity (Wildman–Crippen MR) is 76.6 cm³/mol. The van der Waals surface area contributed by atoms with E-state index in [0.717, 1.165) is 32.7 Å². The summed E-state index contributed by atoms with van der Waals surface area (Å²) in [5, 5.41) is -0.283. The smallest absolute Gasteiger partial charge is 0.124 e. The molecule has 0 fully saturated rings. The Labute approximate surface area is 120 Å². The van der Waals surface area contributed by atoms with Crippen molar-refractivity contribution in [3.63, 3.8) is 0 Å². The molecule has 1 unspecified atom stereocenters. The molecule has 0 saturated carbocycles. The molecule has 2 aromatic rings. The minimum atomic E-state index is -0.283. The van der Waals surface area contributed by atoms with Gasteiger partial charge in [0.25, 0.3) is 0 Å². The molecule has 0 bridgehead atoms. The molecule has 0 aliphatic carbocycles. The SMILES string of the molecule is COc1cc(C)c(Br)cc1C(Cl)c1coc(C)c1. The van der Waals surface area contributed by atoms with Gasteiger partial charge in [-0.2, -0.15) is 0 Å². The van der Waals surface area contributed by atoms with Crippen LogP contribution < -0.4 is 4.74 Å². The number of methoxy groups -OCH3 is 1. The fraction of sp³-hybridized carbons (Fsp3) is 0.286. The van der Waals surface area contributed by atoms with E-state index in [1.165, 1.54) is 0 Å². The van der Waals surface area contributed by atoms with Crippen molar-refractivity contribution < 1.29 is 9.15 Å². The second-order valence-corrected chi connectivity index (χ2v) is 5.49. The molecule has 1 aromatic heterocycles. The third kappa shape index (κ3) is 2.57.